The van der Waals surface area contributed by atoms with Crippen LogP contribution in [0.5, 0.6) is 0 Å². The second-order valence-electron chi connectivity index (χ2n) is 8.02. The quantitative estimate of drug-likeness (QED) is 0.794. The summed E-state index contributed by atoms with van der Waals surface area (Å²) in [6.07, 6.45) is 2.87. The van der Waals surface area contributed by atoms with E-state index in [4.69, 9.17) is 9.47 Å². The number of ether oxygens (including phenoxy) is 2. The first-order valence-electron chi connectivity index (χ1n) is 9.83. The molecule has 1 aromatic heterocycles. The van der Waals surface area contributed by atoms with Crippen LogP contribution < -0.4 is 5.56 Å². The van der Waals surface area contributed by atoms with E-state index in [1.807, 2.05) is 0 Å². The summed E-state index contributed by atoms with van der Waals surface area (Å²) in [5.74, 6) is 0.00409. The zero-order valence-electron chi connectivity index (χ0n) is 16.6. The summed E-state index contributed by atoms with van der Waals surface area (Å²) in [5, 5.41) is 0.571. The second kappa shape index (κ2) is 8.59. The molecule has 3 rings (SSSR count). The van der Waals surface area contributed by atoms with Crippen LogP contribution in [0.4, 0.5) is 0 Å². The Morgan fingerprint density at radius 2 is 1.96 bits per heavy atom. The monoisotopic (exact) mass is 385 g/mol. The summed E-state index contributed by atoms with van der Waals surface area (Å²) in [4.78, 5) is 39.2. The van der Waals surface area contributed by atoms with Crippen molar-refractivity contribution in [3.05, 3.63) is 46.2 Å². The molecule has 1 N–H and O–H groups in total. The largest absolute Gasteiger partial charge is 0.460 e. The minimum absolute atomic E-state index is 0.137. The molecule has 28 heavy (non-hydrogen) atoms. The molecule has 1 aliphatic rings. The van der Waals surface area contributed by atoms with Crippen LogP contribution in [0.1, 0.15) is 50.4 Å². The predicted octanol–water partition coefficient (Wildman–Crippen LogP) is 3.69. The number of para-hydroxylation sites is 1. The highest BCUT2D eigenvalue weighted by atomic mass is 16.6. The third kappa shape index (κ3) is 4.61. The van der Waals surface area contributed by atoms with Crippen LogP contribution in [0.3, 0.4) is 0 Å². The fraction of sp³-hybridized carbons (Fsp3) is 0.500. The van der Waals surface area contributed by atoms with Gasteiger partial charge in [0.15, 0.2) is 6.61 Å². The predicted molar refractivity (Wildman–Crippen MR) is 106 cm³/mol. The van der Waals surface area contributed by atoms with Gasteiger partial charge in [0, 0.05) is 17.0 Å². The lowest BCUT2D eigenvalue weighted by atomic mass is 9.75. The van der Waals surface area contributed by atoms with Crippen LogP contribution in [-0.4, -0.2) is 29.6 Å². The fourth-order valence-electron chi connectivity index (χ4n) is 4.03. The number of rotatable bonds is 5. The summed E-state index contributed by atoms with van der Waals surface area (Å²) >= 11 is 0. The number of esters is 2. The molecule has 0 amide bonds. The molecule has 0 saturated heterocycles. The summed E-state index contributed by atoms with van der Waals surface area (Å²) in [7, 11) is 0. The average molecular weight is 385 g/mol. The third-order valence-corrected chi connectivity index (χ3v) is 5.54. The average Bonchev–Trinajstić information content (AvgIpc) is 2.65. The number of nitrogens with one attached hydrogen (secondary N) is 1. The zero-order valence-corrected chi connectivity index (χ0v) is 16.6. The number of fused-ring (bicyclic) bond motifs is 1. The maximum absolute atomic E-state index is 12.4. The lowest BCUT2D eigenvalue weighted by Gasteiger charge is -2.36. The summed E-state index contributed by atoms with van der Waals surface area (Å²) < 4.78 is 10.8. The van der Waals surface area contributed by atoms with E-state index in [9.17, 15) is 14.4 Å². The molecule has 1 aromatic carbocycles. The number of aromatic amines is 1. The Hall–Kier alpha value is -2.63. The summed E-state index contributed by atoms with van der Waals surface area (Å²) in [5.41, 5.74) is 0.281. The molecule has 1 aliphatic carbocycles. The van der Waals surface area contributed by atoms with Crippen molar-refractivity contribution >= 4 is 22.8 Å². The highest BCUT2D eigenvalue weighted by Gasteiger charge is 2.33. The van der Waals surface area contributed by atoms with Crippen molar-refractivity contribution in [2.45, 2.75) is 46.1 Å². The van der Waals surface area contributed by atoms with Gasteiger partial charge in [-0.15, -0.1) is 0 Å². The van der Waals surface area contributed by atoms with Crippen molar-refractivity contribution < 1.29 is 19.1 Å². The van der Waals surface area contributed by atoms with E-state index in [0.717, 1.165) is 19.3 Å². The highest BCUT2D eigenvalue weighted by Crippen LogP contribution is 2.35. The number of hydrogen-bond donors (Lipinski definition) is 1. The van der Waals surface area contributed by atoms with Gasteiger partial charge in [0.2, 0.25) is 5.56 Å². The maximum Gasteiger partial charge on any atom is 0.344 e. The Kier molecular flexibility index (Phi) is 6.17. The van der Waals surface area contributed by atoms with Crippen molar-refractivity contribution in [3.8, 4) is 0 Å². The number of pyridine rings is 1. The molecule has 1 heterocycles. The Morgan fingerprint density at radius 1 is 1.21 bits per heavy atom. The van der Waals surface area contributed by atoms with Gasteiger partial charge in [0.05, 0.1) is 5.56 Å². The smallest absolute Gasteiger partial charge is 0.344 e. The summed E-state index contributed by atoms with van der Waals surface area (Å²) in [6, 6.07) is 8.14. The number of aromatic nitrogens is 1. The highest BCUT2D eigenvalue weighted by molar-refractivity contribution is 6.03. The molecule has 2 aromatic rings. The van der Waals surface area contributed by atoms with E-state index in [1.54, 1.807) is 24.3 Å². The molecular weight excluding hydrogens is 358 g/mol. The van der Waals surface area contributed by atoms with Crippen LogP contribution in [0.25, 0.3) is 10.9 Å². The maximum atomic E-state index is 12.4. The first-order chi connectivity index (χ1) is 13.3. The standard InChI is InChI=1S/C22H27NO5/c1-13(2)15-9-8-14(3)10-19(15)28-21(25)12-27-22(26)17-11-20(24)23-18-7-5-4-6-16(17)18/h4-7,11,13-15,19H,8-10,12H2,1-3H3,(H,23,24). The van der Waals surface area contributed by atoms with Gasteiger partial charge in [-0.05, 0) is 36.7 Å². The van der Waals surface area contributed by atoms with Crippen molar-refractivity contribution in [1.29, 1.82) is 0 Å². The third-order valence-electron chi connectivity index (χ3n) is 5.54. The molecule has 1 saturated carbocycles. The Labute approximate surface area is 164 Å². The lowest BCUT2D eigenvalue weighted by molar-refractivity contribution is -0.159. The van der Waals surface area contributed by atoms with Gasteiger partial charge in [0.1, 0.15) is 6.10 Å². The van der Waals surface area contributed by atoms with Gasteiger partial charge < -0.3 is 14.5 Å². The molecule has 150 valence electrons. The van der Waals surface area contributed by atoms with E-state index in [-0.39, 0.29) is 11.7 Å². The van der Waals surface area contributed by atoms with Gasteiger partial charge in [0.25, 0.3) is 0 Å². The Balaban J connectivity index is 1.65. The normalized spacial score (nSPS) is 22.2. The minimum atomic E-state index is -0.711. The summed E-state index contributed by atoms with van der Waals surface area (Å²) in [6.45, 7) is 5.98. The van der Waals surface area contributed by atoms with Crippen LogP contribution >= 0.6 is 0 Å². The number of carbonyl (C=O) groups is 2. The second-order valence-corrected chi connectivity index (χ2v) is 8.02. The first-order valence-corrected chi connectivity index (χ1v) is 9.83. The molecule has 6 nitrogen and oxygen atoms in total. The first kappa shape index (κ1) is 20.1. The van der Waals surface area contributed by atoms with Crippen molar-refractivity contribution in [1.82, 2.24) is 4.98 Å². The van der Waals surface area contributed by atoms with Gasteiger partial charge in [-0.3, -0.25) is 4.79 Å². The number of carbonyl (C=O) groups excluding carboxylic acids is 2. The van der Waals surface area contributed by atoms with E-state index in [0.29, 0.717) is 28.7 Å². The number of benzene rings is 1. The molecule has 6 heteroatoms. The molecular formula is C22H27NO5. The molecule has 0 radical (unpaired) electrons. The molecule has 3 atom stereocenters. The lowest BCUT2D eigenvalue weighted by Crippen LogP contribution is -2.36. The number of hydrogen-bond acceptors (Lipinski definition) is 5. The van der Waals surface area contributed by atoms with Crippen LogP contribution in [0.15, 0.2) is 35.1 Å². The van der Waals surface area contributed by atoms with Gasteiger partial charge >= 0.3 is 11.9 Å². The van der Waals surface area contributed by atoms with E-state index >= 15 is 0 Å². The topological polar surface area (TPSA) is 85.5 Å². The molecule has 0 spiro atoms. The van der Waals surface area contributed by atoms with Gasteiger partial charge in [-0.2, -0.15) is 0 Å². The fourth-order valence-corrected chi connectivity index (χ4v) is 4.03. The van der Waals surface area contributed by atoms with Crippen LogP contribution in [-0.2, 0) is 14.3 Å². The van der Waals surface area contributed by atoms with E-state index in [1.165, 1.54) is 6.07 Å². The van der Waals surface area contributed by atoms with Crippen LogP contribution in [0, 0.1) is 17.8 Å². The molecule has 0 bridgehead atoms. The minimum Gasteiger partial charge on any atom is -0.460 e. The van der Waals surface area contributed by atoms with Crippen molar-refractivity contribution in [2.75, 3.05) is 6.61 Å². The van der Waals surface area contributed by atoms with Crippen LogP contribution in [0.2, 0.25) is 0 Å². The van der Waals surface area contributed by atoms with Crippen molar-refractivity contribution in [3.63, 3.8) is 0 Å². The molecule has 0 aliphatic heterocycles. The molecule has 3 unspecified atom stereocenters. The zero-order chi connectivity index (χ0) is 20.3. The van der Waals surface area contributed by atoms with Gasteiger partial charge in [-0.25, -0.2) is 9.59 Å². The van der Waals surface area contributed by atoms with E-state index < -0.39 is 24.1 Å². The van der Waals surface area contributed by atoms with E-state index in [2.05, 4.69) is 25.8 Å². The Bertz CT molecular complexity index is 917. The van der Waals surface area contributed by atoms with Gasteiger partial charge in [-0.1, -0.05) is 45.4 Å². The SMILES string of the molecule is CC1CCC(C(C)C)C(OC(=O)COC(=O)c2cc(=O)[nH]c3ccccc23)C1. The van der Waals surface area contributed by atoms with Crippen molar-refractivity contribution in [2.24, 2.45) is 17.8 Å². The molecule has 1 fully saturated rings. The Morgan fingerprint density at radius 3 is 2.71 bits per heavy atom. The number of H-pyrrole nitrogens is 1.